The van der Waals surface area contributed by atoms with Gasteiger partial charge in [0.25, 0.3) is 11.8 Å². The minimum absolute atomic E-state index is 0.136. The lowest BCUT2D eigenvalue weighted by Crippen LogP contribution is -3.11. The molecule has 0 fully saturated rings. The van der Waals surface area contributed by atoms with Crippen LogP contribution in [0.4, 0.5) is 11.4 Å². The molecule has 0 spiro atoms. The van der Waals surface area contributed by atoms with Crippen molar-refractivity contribution >= 4 is 46.4 Å². The SMILES string of the molecule is CC(C)c1ccccc1NC(=O)C[NH+](C)CC(=O)Nc1ccc(Cl)c(Cl)c1. The Hall–Kier alpha value is -2.08. The zero-order valence-corrected chi connectivity index (χ0v) is 17.1. The molecule has 0 saturated heterocycles. The number of anilines is 2. The minimum Gasteiger partial charge on any atom is -0.322 e. The summed E-state index contributed by atoms with van der Waals surface area (Å²) < 4.78 is 0. The number of hydrogen-bond acceptors (Lipinski definition) is 2. The summed E-state index contributed by atoms with van der Waals surface area (Å²) in [5, 5.41) is 6.49. The number of para-hydroxylation sites is 1. The third-order valence-electron chi connectivity index (χ3n) is 3.98. The largest absolute Gasteiger partial charge is 0.322 e. The second-order valence-electron chi connectivity index (χ2n) is 6.78. The van der Waals surface area contributed by atoms with Crippen LogP contribution in [0.15, 0.2) is 42.5 Å². The summed E-state index contributed by atoms with van der Waals surface area (Å²) in [4.78, 5) is 25.3. The Kier molecular flexibility index (Phi) is 7.66. The van der Waals surface area contributed by atoms with Gasteiger partial charge in [0.2, 0.25) is 0 Å². The highest BCUT2D eigenvalue weighted by Gasteiger charge is 2.16. The third-order valence-corrected chi connectivity index (χ3v) is 4.72. The van der Waals surface area contributed by atoms with Gasteiger partial charge in [-0.1, -0.05) is 55.2 Å². The van der Waals surface area contributed by atoms with Crippen LogP contribution >= 0.6 is 23.2 Å². The van der Waals surface area contributed by atoms with Gasteiger partial charge in [-0.15, -0.1) is 0 Å². The summed E-state index contributed by atoms with van der Waals surface area (Å²) in [6.07, 6.45) is 0. The molecule has 0 heterocycles. The van der Waals surface area contributed by atoms with E-state index in [9.17, 15) is 9.59 Å². The molecule has 2 amide bonds. The molecule has 0 radical (unpaired) electrons. The zero-order valence-electron chi connectivity index (χ0n) is 15.6. The topological polar surface area (TPSA) is 62.6 Å². The second-order valence-corrected chi connectivity index (χ2v) is 7.59. The number of nitrogens with one attached hydrogen (secondary N) is 3. The molecule has 5 nitrogen and oxygen atoms in total. The normalized spacial score (nSPS) is 11.9. The van der Waals surface area contributed by atoms with E-state index in [-0.39, 0.29) is 24.9 Å². The van der Waals surface area contributed by atoms with Crippen molar-refractivity contribution < 1.29 is 14.5 Å². The van der Waals surface area contributed by atoms with Crippen molar-refractivity contribution in [2.45, 2.75) is 19.8 Å². The van der Waals surface area contributed by atoms with Gasteiger partial charge < -0.3 is 15.5 Å². The van der Waals surface area contributed by atoms with Crippen LogP contribution in [0.5, 0.6) is 0 Å². The first kappa shape index (κ1) is 21.2. The number of carbonyl (C=O) groups is 2. The van der Waals surface area contributed by atoms with Gasteiger partial charge in [-0.3, -0.25) is 9.59 Å². The fourth-order valence-corrected chi connectivity index (χ4v) is 3.00. The van der Waals surface area contributed by atoms with E-state index in [2.05, 4.69) is 24.5 Å². The van der Waals surface area contributed by atoms with E-state index in [1.54, 1.807) is 25.2 Å². The molecule has 1 unspecified atom stereocenters. The highest BCUT2D eigenvalue weighted by molar-refractivity contribution is 6.42. The van der Waals surface area contributed by atoms with Crippen molar-refractivity contribution in [3.63, 3.8) is 0 Å². The van der Waals surface area contributed by atoms with Crippen molar-refractivity contribution in [3.8, 4) is 0 Å². The first-order valence-corrected chi connectivity index (χ1v) is 9.47. The van der Waals surface area contributed by atoms with Crippen molar-refractivity contribution in [2.75, 3.05) is 30.8 Å². The predicted octanol–water partition coefficient (Wildman–Crippen LogP) is 3.21. The number of rotatable bonds is 7. The summed E-state index contributed by atoms with van der Waals surface area (Å²) in [6.45, 7) is 4.49. The number of amides is 2. The van der Waals surface area contributed by atoms with E-state index in [1.165, 1.54) is 0 Å². The lowest BCUT2D eigenvalue weighted by atomic mass is 10.0. The molecular formula is C20H24Cl2N3O2+. The van der Waals surface area contributed by atoms with Crippen LogP contribution in [0, 0.1) is 0 Å². The second kappa shape index (κ2) is 9.74. The molecule has 27 heavy (non-hydrogen) atoms. The maximum absolute atomic E-state index is 12.3. The average Bonchev–Trinajstić information content (AvgIpc) is 2.58. The fourth-order valence-electron chi connectivity index (χ4n) is 2.70. The van der Waals surface area contributed by atoms with E-state index in [0.29, 0.717) is 21.7 Å². The third kappa shape index (κ3) is 6.54. The van der Waals surface area contributed by atoms with E-state index in [4.69, 9.17) is 23.2 Å². The van der Waals surface area contributed by atoms with Crippen molar-refractivity contribution in [2.24, 2.45) is 0 Å². The summed E-state index contributed by atoms with van der Waals surface area (Å²) >= 11 is 11.8. The quantitative estimate of drug-likeness (QED) is 0.658. The standard InChI is InChI=1S/C20H23Cl2N3O2/c1-13(2)15-6-4-5-7-18(15)24-20(27)12-25(3)11-19(26)23-14-8-9-16(21)17(22)10-14/h4-10,13H,11-12H2,1-3H3,(H,23,26)(H,24,27)/p+1. The Morgan fingerprint density at radius 2 is 1.59 bits per heavy atom. The molecule has 0 aliphatic rings. The maximum Gasteiger partial charge on any atom is 0.279 e. The summed E-state index contributed by atoms with van der Waals surface area (Å²) in [5.41, 5.74) is 2.46. The van der Waals surface area contributed by atoms with Gasteiger partial charge in [0.05, 0.1) is 17.1 Å². The van der Waals surface area contributed by atoms with E-state index in [1.807, 2.05) is 24.3 Å². The Bertz CT molecular complexity index is 825. The van der Waals surface area contributed by atoms with Gasteiger partial charge in [-0.05, 0) is 35.7 Å². The summed E-state index contributed by atoms with van der Waals surface area (Å²) in [5.74, 6) is -0.0345. The van der Waals surface area contributed by atoms with Crippen molar-refractivity contribution in [1.82, 2.24) is 0 Å². The Balaban J connectivity index is 1.87. The molecule has 0 aromatic heterocycles. The number of likely N-dealkylation sites (N-methyl/N-ethyl adjacent to an activating group) is 1. The van der Waals surface area contributed by atoms with E-state index < -0.39 is 0 Å². The molecule has 144 valence electrons. The Labute approximate surface area is 169 Å². The molecule has 0 bridgehead atoms. The van der Waals surface area contributed by atoms with E-state index >= 15 is 0 Å². The molecule has 2 aromatic carbocycles. The lowest BCUT2D eigenvalue weighted by Gasteiger charge is -2.16. The van der Waals surface area contributed by atoms with Gasteiger partial charge in [0.1, 0.15) is 0 Å². The highest BCUT2D eigenvalue weighted by atomic mass is 35.5. The monoisotopic (exact) mass is 408 g/mol. The molecule has 0 aliphatic heterocycles. The molecule has 0 saturated carbocycles. The molecule has 1 atom stereocenters. The number of halogens is 2. The van der Waals surface area contributed by atoms with E-state index in [0.717, 1.165) is 16.2 Å². The first-order valence-electron chi connectivity index (χ1n) is 8.71. The lowest BCUT2D eigenvalue weighted by molar-refractivity contribution is -0.862. The highest BCUT2D eigenvalue weighted by Crippen LogP contribution is 2.25. The van der Waals surface area contributed by atoms with Crippen LogP contribution in [0.2, 0.25) is 10.0 Å². The summed E-state index contributed by atoms with van der Waals surface area (Å²) in [7, 11) is 1.79. The zero-order chi connectivity index (χ0) is 20.0. The Morgan fingerprint density at radius 1 is 0.963 bits per heavy atom. The van der Waals surface area contributed by atoms with Gasteiger partial charge in [-0.2, -0.15) is 0 Å². The molecule has 7 heteroatoms. The fraction of sp³-hybridized carbons (Fsp3) is 0.300. The van der Waals surface area contributed by atoms with Crippen LogP contribution in [0.3, 0.4) is 0 Å². The van der Waals surface area contributed by atoms with Crippen molar-refractivity contribution in [1.29, 1.82) is 0 Å². The number of hydrogen-bond donors (Lipinski definition) is 3. The van der Waals surface area contributed by atoms with Gasteiger partial charge in [-0.25, -0.2) is 0 Å². The number of benzene rings is 2. The van der Waals surface area contributed by atoms with Crippen LogP contribution in [0.1, 0.15) is 25.3 Å². The molecular weight excluding hydrogens is 385 g/mol. The maximum atomic E-state index is 12.3. The van der Waals surface area contributed by atoms with Crippen LogP contribution < -0.4 is 15.5 Å². The van der Waals surface area contributed by atoms with Crippen LogP contribution in [-0.4, -0.2) is 32.0 Å². The van der Waals surface area contributed by atoms with Crippen LogP contribution in [0.25, 0.3) is 0 Å². The predicted molar refractivity (Wildman–Crippen MR) is 111 cm³/mol. The van der Waals surface area contributed by atoms with Crippen molar-refractivity contribution in [3.05, 3.63) is 58.1 Å². The van der Waals surface area contributed by atoms with Crippen LogP contribution in [-0.2, 0) is 9.59 Å². The Morgan fingerprint density at radius 3 is 2.22 bits per heavy atom. The number of carbonyl (C=O) groups excluding carboxylic acids is 2. The molecule has 2 rings (SSSR count). The molecule has 3 N–H and O–H groups in total. The number of quaternary nitrogens is 1. The minimum atomic E-state index is -0.207. The van der Waals surface area contributed by atoms with Gasteiger partial charge >= 0.3 is 0 Å². The molecule has 0 aliphatic carbocycles. The van der Waals surface area contributed by atoms with Gasteiger partial charge in [0.15, 0.2) is 13.1 Å². The summed E-state index contributed by atoms with van der Waals surface area (Å²) in [6, 6.07) is 12.6. The smallest absolute Gasteiger partial charge is 0.279 e. The van der Waals surface area contributed by atoms with Gasteiger partial charge in [0, 0.05) is 11.4 Å². The first-order chi connectivity index (χ1) is 12.8. The average molecular weight is 409 g/mol. The molecule has 2 aromatic rings.